The first-order valence-corrected chi connectivity index (χ1v) is 9.71. The molecule has 6 nitrogen and oxygen atoms in total. The normalized spacial score (nSPS) is 17.1. The maximum Gasteiger partial charge on any atom is 0.246 e. The summed E-state index contributed by atoms with van der Waals surface area (Å²) in [5.41, 5.74) is 5.40. The molecule has 1 amide bonds. The molecule has 0 unspecified atom stereocenters. The highest BCUT2D eigenvalue weighted by Gasteiger charge is 2.27. The Morgan fingerprint density at radius 1 is 1.18 bits per heavy atom. The number of amides is 1. The summed E-state index contributed by atoms with van der Waals surface area (Å²) in [6.07, 6.45) is 0. The topological polar surface area (TPSA) is 54.0 Å². The van der Waals surface area contributed by atoms with E-state index in [-0.39, 0.29) is 12.5 Å². The maximum absolute atomic E-state index is 11.8. The second kappa shape index (κ2) is 7.77. The Labute approximate surface area is 170 Å². The van der Waals surface area contributed by atoms with Crippen molar-refractivity contribution in [1.29, 1.82) is 0 Å². The van der Waals surface area contributed by atoms with Gasteiger partial charge in [0, 0.05) is 30.0 Å². The van der Waals surface area contributed by atoms with Gasteiger partial charge in [-0.2, -0.15) is 0 Å². The summed E-state index contributed by atoms with van der Waals surface area (Å²) in [6, 6.07) is 12.3. The van der Waals surface area contributed by atoms with E-state index in [1.807, 2.05) is 23.1 Å². The van der Waals surface area contributed by atoms with Crippen molar-refractivity contribution < 1.29 is 14.3 Å². The molecule has 2 aromatic carbocycles. The summed E-state index contributed by atoms with van der Waals surface area (Å²) in [5.74, 6) is 0.727. The van der Waals surface area contributed by atoms with Crippen LogP contribution in [0.3, 0.4) is 0 Å². The van der Waals surface area contributed by atoms with Crippen LogP contribution in [-0.2, 0) is 9.53 Å². The molecule has 2 aromatic rings. The number of carbonyl (C=O) groups excluding carboxylic acids is 1. The van der Waals surface area contributed by atoms with E-state index in [9.17, 15) is 4.79 Å². The van der Waals surface area contributed by atoms with Crippen LogP contribution >= 0.6 is 12.2 Å². The Balaban J connectivity index is 1.85. The fraction of sp³-hybridized carbons (Fsp3) is 0.333. The van der Waals surface area contributed by atoms with Crippen molar-refractivity contribution in [1.82, 2.24) is 5.32 Å². The van der Waals surface area contributed by atoms with Crippen molar-refractivity contribution in [2.75, 3.05) is 49.8 Å². The van der Waals surface area contributed by atoms with Crippen molar-refractivity contribution in [3.05, 3.63) is 42.0 Å². The zero-order valence-electron chi connectivity index (χ0n) is 16.0. The van der Waals surface area contributed by atoms with Crippen molar-refractivity contribution in [2.24, 2.45) is 0 Å². The molecule has 0 radical (unpaired) electrons. The lowest BCUT2D eigenvalue weighted by atomic mass is 9.97. The standard InChI is InChI=1S/C21H23N3O3S/c1-14-10-16(24-13-19(25)22-21(24)28)12-18(15-4-3-5-17(11-15)26-2)20(14)23-6-8-27-9-7-23/h3-5,10-12H,6-9,13H2,1-2H3,(H,22,25,28). The Kier molecular flexibility index (Phi) is 5.19. The monoisotopic (exact) mass is 397 g/mol. The molecule has 2 fully saturated rings. The van der Waals surface area contributed by atoms with Crippen molar-refractivity contribution in [2.45, 2.75) is 6.92 Å². The van der Waals surface area contributed by atoms with E-state index in [1.165, 1.54) is 5.69 Å². The predicted molar refractivity (Wildman–Crippen MR) is 114 cm³/mol. The van der Waals surface area contributed by atoms with Crippen LogP contribution in [0.4, 0.5) is 11.4 Å². The fourth-order valence-electron chi connectivity index (χ4n) is 3.78. The number of anilines is 2. The van der Waals surface area contributed by atoms with Crippen molar-refractivity contribution in [3.63, 3.8) is 0 Å². The third-order valence-corrected chi connectivity index (χ3v) is 5.42. The van der Waals surface area contributed by atoms with Gasteiger partial charge in [-0.15, -0.1) is 0 Å². The number of methoxy groups -OCH3 is 1. The van der Waals surface area contributed by atoms with E-state index in [2.05, 4.69) is 35.3 Å². The zero-order chi connectivity index (χ0) is 19.7. The summed E-state index contributed by atoms with van der Waals surface area (Å²) in [6.45, 7) is 5.47. The highest BCUT2D eigenvalue weighted by atomic mass is 32.1. The molecule has 2 aliphatic heterocycles. The van der Waals surface area contributed by atoms with Gasteiger partial charge in [0.2, 0.25) is 5.91 Å². The van der Waals surface area contributed by atoms with E-state index in [4.69, 9.17) is 21.7 Å². The van der Waals surface area contributed by atoms with Gasteiger partial charge in [-0.25, -0.2) is 0 Å². The first-order valence-electron chi connectivity index (χ1n) is 9.30. The summed E-state index contributed by atoms with van der Waals surface area (Å²) < 4.78 is 11.0. The highest BCUT2D eigenvalue weighted by Crippen LogP contribution is 2.39. The molecule has 0 aliphatic carbocycles. The SMILES string of the molecule is COc1cccc(-c2cc(N3CC(=O)NC3=S)cc(C)c2N2CCOCC2)c1. The number of benzene rings is 2. The van der Waals surface area contributed by atoms with Crippen LogP contribution in [0.1, 0.15) is 5.56 Å². The summed E-state index contributed by atoms with van der Waals surface area (Å²) in [4.78, 5) is 16.0. The minimum atomic E-state index is -0.0807. The van der Waals surface area contributed by atoms with Gasteiger partial charge in [0.05, 0.1) is 20.3 Å². The molecular formula is C21H23N3O3S. The van der Waals surface area contributed by atoms with Gasteiger partial charge >= 0.3 is 0 Å². The molecule has 2 saturated heterocycles. The lowest BCUT2D eigenvalue weighted by Crippen LogP contribution is -2.37. The van der Waals surface area contributed by atoms with Gasteiger partial charge in [-0.05, 0) is 54.5 Å². The molecule has 0 spiro atoms. The number of nitrogens with zero attached hydrogens (tertiary/aromatic N) is 2. The Hall–Kier alpha value is -2.64. The van der Waals surface area contributed by atoms with E-state index < -0.39 is 0 Å². The summed E-state index contributed by atoms with van der Waals surface area (Å²) in [5, 5.41) is 3.16. The van der Waals surface area contributed by atoms with Crippen LogP contribution in [-0.4, -0.2) is 51.0 Å². The van der Waals surface area contributed by atoms with Gasteiger partial charge in [0.25, 0.3) is 0 Å². The first-order chi connectivity index (χ1) is 13.6. The molecule has 4 rings (SSSR count). The largest absolute Gasteiger partial charge is 0.497 e. The van der Waals surface area contributed by atoms with E-state index in [0.717, 1.165) is 41.2 Å². The molecule has 28 heavy (non-hydrogen) atoms. The quantitative estimate of drug-likeness (QED) is 0.801. The minimum absolute atomic E-state index is 0.0807. The Morgan fingerprint density at radius 3 is 2.64 bits per heavy atom. The predicted octanol–water partition coefficient (Wildman–Crippen LogP) is 2.73. The van der Waals surface area contributed by atoms with E-state index in [0.29, 0.717) is 18.3 Å². The smallest absolute Gasteiger partial charge is 0.246 e. The van der Waals surface area contributed by atoms with Crippen LogP contribution in [0, 0.1) is 6.92 Å². The number of ether oxygens (including phenoxy) is 2. The first kappa shape index (κ1) is 18.7. The van der Waals surface area contributed by atoms with Gasteiger partial charge in [0.15, 0.2) is 5.11 Å². The Morgan fingerprint density at radius 2 is 1.96 bits per heavy atom. The highest BCUT2D eigenvalue weighted by molar-refractivity contribution is 7.80. The van der Waals surface area contributed by atoms with Gasteiger partial charge in [-0.3, -0.25) is 4.79 Å². The van der Waals surface area contributed by atoms with Crippen LogP contribution in [0.25, 0.3) is 11.1 Å². The van der Waals surface area contributed by atoms with E-state index in [1.54, 1.807) is 7.11 Å². The molecule has 0 aromatic heterocycles. The number of carbonyl (C=O) groups is 1. The van der Waals surface area contributed by atoms with Gasteiger partial charge in [0.1, 0.15) is 12.3 Å². The number of hydrogen-bond donors (Lipinski definition) is 1. The summed E-state index contributed by atoms with van der Waals surface area (Å²) >= 11 is 5.35. The molecule has 0 atom stereocenters. The third kappa shape index (κ3) is 3.55. The van der Waals surface area contributed by atoms with Crippen molar-refractivity contribution in [3.8, 4) is 16.9 Å². The molecule has 2 heterocycles. The second-order valence-electron chi connectivity index (χ2n) is 6.93. The minimum Gasteiger partial charge on any atom is -0.497 e. The molecule has 2 aliphatic rings. The van der Waals surface area contributed by atoms with Gasteiger partial charge < -0.3 is 24.6 Å². The molecule has 1 N–H and O–H groups in total. The maximum atomic E-state index is 11.8. The lowest BCUT2D eigenvalue weighted by molar-refractivity contribution is -0.117. The number of hydrogen-bond acceptors (Lipinski definition) is 5. The average molecular weight is 398 g/mol. The number of morpholine rings is 1. The fourth-order valence-corrected chi connectivity index (χ4v) is 4.07. The van der Waals surface area contributed by atoms with Crippen LogP contribution in [0.5, 0.6) is 5.75 Å². The third-order valence-electron chi connectivity index (χ3n) is 5.10. The Bertz CT molecular complexity index is 925. The van der Waals surface area contributed by atoms with Crippen molar-refractivity contribution >= 4 is 34.6 Å². The number of thiocarbonyl (C=S) groups is 1. The second-order valence-corrected chi connectivity index (χ2v) is 7.32. The molecule has 0 bridgehead atoms. The number of rotatable bonds is 4. The van der Waals surface area contributed by atoms with E-state index >= 15 is 0 Å². The molecule has 146 valence electrons. The van der Waals surface area contributed by atoms with Crippen LogP contribution in [0.2, 0.25) is 0 Å². The number of nitrogens with one attached hydrogen (secondary N) is 1. The molecular weight excluding hydrogens is 374 g/mol. The zero-order valence-corrected chi connectivity index (χ0v) is 16.8. The van der Waals surface area contributed by atoms with Gasteiger partial charge in [-0.1, -0.05) is 12.1 Å². The molecule has 0 saturated carbocycles. The summed E-state index contributed by atoms with van der Waals surface area (Å²) in [7, 11) is 1.67. The van der Waals surface area contributed by atoms with Crippen LogP contribution < -0.4 is 19.9 Å². The lowest BCUT2D eigenvalue weighted by Gasteiger charge is -2.33. The average Bonchev–Trinajstić information content (AvgIpc) is 3.06. The number of aryl methyl sites for hydroxylation is 1. The van der Waals surface area contributed by atoms with Crippen LogP contribution in [0.15, 0.2) is 36.4 Å². The molecule has 7 heteroatoms.